The number of hydrogen-bond acceptors (Lipinski definition) is 3. The van der Waals surface area contributed by atoms with Gasteiger partial charge in [-0.25, -0.2) is 4.39 Å². The van der Waals surface area contributed by atoms with E-state index >= 15 is 0 Å². The molecule has 0 aliphatic rings. The fraction of sp³-hybridized carbons (Fsp3) is 0.333. The maximum Gasteiger partial charge on any atom is 0.411 e. The molecule has 0 amide bonds. The van der Waals surface area contributed by atoms with Crippen LogP contribution in [0.4, 0.5) is 17.6 Å². The Bertz CT molecular complexity index is 395. The van der Waals surface area contributed by atoms with Crippen molar-refractivity contribution in [2.24, 2.45) is 4.99 Å². The van der Waals surface area contributed by atoms with Gasteiger partial charge in [-0.2, -0.15) is 13.2 Å². The van der Waals surface area contributed by atoms with E-state index in [9.17, 15) is 22.4 Å². The molecule has 3 nitrogen and oxygen atoms in total. The van der Waals surface area contributed by atoms with Crippen molar-refractivity contribution in [3.05, 3.63) is 35.8 Å². The standard InChI is InChI=1S/C12H13F4NO2/c1-10(8-18)2-5-17-6-3-11(13)4-7-19-9-12(14,15)16/h2-6,8H,7,9H2,1H3/b6-3-,10-2-,11-4+,17-5+. The largest absolute Gasteiger partial charge is 0.411 e. The zero-order valence-corrected chi connectivity index (χ0v) is 10.2. The van der Waals surface area contributed by atoms with Gasteiger partial charge in [-0.15, -0.1) is 0 Å². The number of carbonyl (C=O) groups is 1. The van der Waals surface area contributed by atoms with Gasteiger partial charge in [0.15, 0.2) is 0 Å². The molecule has 0 aromatic carbocycles. The summed E-state index contributed by atoms with van der Waals surface area (Å²) in [5, 5.41) is 0. The normalized spacial score (nSPS) is 14.6. The molecular weight excluding hydrogens is 266 g/mol. The third-order valence-electron chi connectivity index (χ3n) is 1.59. The van der Waals surface area contributed by atoms with Crippen LogP contribution >= 0.6 is 0 Å². The monoisotopic (exact) mass is 279 g/mol. The minimum Gasteiger partial charge on any atom is -0.368 e. The summed E-state index contributed by atoms with van der Waals surface area (Å²) in [7, 11) is 0. The Morgan fingerprint density at radius 1 is 1.37 bits per heavy atom. The summed E-state index contributed by atoms with van der Waals surface area (Å²) in [5.41, 5.74) is 0.453. The highest BCUT2D eigenvalue weighted by molar-refractivity contribution is 5.83. The van der Waals surface area contributed by atoms with Gasteiger partial charge in [0.1, 0.15) is 18.7 Å². The molecule has 0 radical (unpaired) electrons. The number of aliphatic imine (C=N–C) groups is 1. The SMILES string of the molecule is C/C(C=O)=C/C=N/C=C\C(F)=C/COCC(F)(F)F. The Morgan fingerprint density at radius 2 is 2.05 bits per heavy atom. The van der Waals surface area contributed by atoms with Crippen LogP contribution in [0.15, 0.2) is 40.8 Å². The first-order valence-corrected chi connectivity index (χ1v) is 5.17. The number of ether oxygens (including phenoxy) is 1. The van der Waals surface area contributed by atoms with Crippen molar-refractivity contribution in [1.29, 1.82) is 0 Å². The fourth-order valence-corrected chi connectivity index (χ4v) is 0.745. The Kier molecular flexibility index (Phi) is 8.35. The molecule has 7 heteroatoms. The molecule has 0 aliphatic heterocycles. The predicted molar refractivity (Wildman–Crippen MR) is 63.5 cm³/mol. The second-order valence-electron chi connectivity index (χ2n) is 3.36. The molecule has 0 saturated heterocycles. The summed E-state index contributed by atoms with van der Waals surface area (Å²) in [4.78, 5) is 13.8. The highest BCUT2D eigenvalue weighted by Crippen LogP contribution is 2.14. The van der Waals surface area contributed by atoms with Gasteiger partial charge in [0.2, 0.25) is 0 Å². The molecule has 0 atom stereocenters. The zero-order valence-electron chi connectivity index (χ0n) is 10.2. The van der Waals surface area contributed by atoms with E-state index in [0.717, 1.165) is 18.4 Å². The van der Waals surface area contributed by atoms with E-state index in [1.165, 1.54) is 12.3 Å². The van der Waals surface area contributed by atoms with Gasteiger partial charge in [0, 0.05) is 12.4 Å². The molecule has 0 fully saturated rings. The van der Waals surface area contributed by atoms with Crippen LogP contribution in [0, 0.1) is 0 Å². The van der Waals surface area contributed by atoms with Crippen LogP contribution in [0.1, 0.15) is 6.92 Å². The predicted octanol–water partition coefficient (Wildman–Crippen LogP) is 3.15. The number of allylic oxidation sites excluding steroid dienone is 4. The van der Waals surface area contributed by atoms with E-state index in [1.54, 1.807) is 6.92 Å². The maximum absolute atomic E-state index is 12.9. The third kappa shape index (κ3) is 12.5. The average molecular weight is 279 g/mol. The van der Waals surface area contributed by atoms with Crippen molar-refractivity contribution in [2.45, 2.75) is 13.1 Å². The zero-order chi connectivity index (χ0) is 14.7. The first-order chi connectivity index (χ1) is 8.85. The second kappa shape index (κ2) is 9.21. The van der Waals surface area contributed by atoms with E-state index in [1.807, 2.05) is 0 Å². The summed E-state index contributed by atoms with van der Waals surface area (Å²) in [6, 6.07) is 0. The number of nitrogens with zero attached hydrogens (tertiary/aromatic N) is 1. The lowest BCUT2D eigenvalue weighted by Crippen LogP contribution is -2.16. The number of aldehydes is 1. The fourth-order valence-electron chi connectivity index (χ4n) is 0.745. The van der Waals surface area contributed by atoms with E-state index in [-0.39, 0.29) is 0 Å². The molecule has 0 bridgehead atoms. The van der Waals surface area contributed by atoms with E-state index in [4.69, 9.17) is 0 Å². The second-order valence-corrected chi connectivity index (χ2v) is 3.36. The average Bonchev–Trinajstić information content (AvgIpc) is 2.32. The van der Waals surface area contributed by atoms with Crippen LogP contribution in [0.25, 0.3) is 0 Å². The van der Waals surface area contributed by atoms with Crippen molar-refractivity contribution < 1.29 is 27.1 Å². The molecule has 0 heterocycles. The highest BCUT2D eigenvalue weighted by Gasteiger charge is 2.26. The lowest BCUT2D eigenvalue weighted by Gasteiger charge is -2.04. The quantitative estimate of drug-likeness (QED) is 0.179. The molecule has 0 aliphatic carbocycles. The van der Waals surface area contributed by atoms with Crippen molar-refractivity contribution in [1.82, 2.24) is 0 Å². The van der Waals surface area contributed by atoms with Crippen LogP contribution < -0.4 is 0 Å². The lowest BCUT2D eigenvalue weighted by atomic mass is 10.3. The van der Waals surface area contributed by atoms with E-state index in [0.29, 0.717) is 11.9 Å². The molecule has 19 heavy (non-hydrogen) atoms. The Morgan fingerprint density at radius 3 is 2.63 bits per heavy atom. The topological polar surface area (TPSA) is 38.7 Å². The summed E-state index contributed by atoms with van der Waals surface area (Å²) in [5.74, 6) is -0.768. The summed E-state index contributed by atoms with van der Waals surface area (Å²) in [6.45, 7) is -0.334. The number of alkyl halides is 3. The lowest BCUT2D eigenvalue weighted by molar-refractivity contribution is -0.171. The minimum atomic E-state index is -4.42. The maximum atomic E-state index is 12.9. The van der Waals surface area contributed by atoms with E-state index in [2.05, 4.69) is 9.73 Å². The first kappa shape index (κ1) is 17.2. The first-order valence-electron chi connectivity index (χ1n) is 5.17. The molecule has 106 valence electrons. The number of carbonyl (C=O) groups excluding carboxylic acids is 1. The molecule has 0 aromatic heterocycles. The molecule has 0 rings (SSSR count). The molecule has 0 saturated carbocycles. The summed E-state index contributed by atoms with van der Waals surface area (Å²) in [6.07, 6.45) is 1.83. The summed E-state index contributed by atoms with van der Waals surface area (Å²) >= 11 is 0. The molecule has 0 aromatic rings. The van der Waals surface area contributed by atoms with Gasteiger partial charge in [-0.1, -0.05) is 0 Å². The number of hydrogen-bond donors (Lipinski definition) is 0. The van der Waals surface area contributed by atoms with Gasteiger partial charge < -0.3 is 4.74 Å². The molecular formula is C12H13F4NO2. The molecule has 0 spiro atoms. The van der Waals surface area contributed by atoms with Crippen molar-refractivity contribution in [2.75, 3.05) is 13.2 Å². The van der Waals surface area contributed by atoms with Crippen LogP contribution in [-0.4, -0.2) is 31.9 Å². The van der Waals surface area contributed by atoms with Gasteiger partial charge in [0.05, 0.1) is 6.61 Å². The van der Waals surface area contributed by atoms with Crippen LogP contribution in [-0.2, 0) is 9.53 Å². The van der Waals surface area contributed by atoms with Crippen LogP contribution in [0.3, 0.4) is 0 Å². The minimum absolute atomic E-state index is 0.453. The highest BCUT2D eigenvalue weighted by atomic mass is 19.4. The van der Waals surface area contributed by atoms with Crippen LogP contribution in [0.5, 0.6) is 0 Å². The third-order valence-corrected chi connectivity index (χ3v) is 1.59. The van der Waals surface area contributed by atoms with E-state index < -0.39 is 25.2 Å². The molecule has 0 N–H and O–H groups in total. The van der Waals surface area contributed by atoms with Crippen molar-refractivity contribution >= 4 is 12.5 Å². The number of rotatable bonds is 7. The van der Waals surface area contributed by atoms with Crippen molar-refractivity contribution in [3.63, 3.8) is 0 Å². The van der Waals surface area contributed by atoms with Gasteiger partial charge in [-0.3, -0.25) is 9.79 Å². The van der Waals surface area contributed by atoms with Gasteiger partial charge in [-0.05, 0) is 30.7 Å². The van der Waals surface area contributed by atoms with Crippen molar-refractivity contribution in [3.8, 4) is 0 Å². The summed E-state index contributed by atoms with van der Waals surface area (Å²) < 4.78 is 52.1. The van der Waals surface area contributed by atoms with Gasteiger partial charge in [0.25, 0.3) is 0 Å². The Hall–Kier alpha value is -1.76. The Balaban J connectivity index is 4.02. The number of halogens is 4. The molecule has 0 unspecified atom stereocenters. The van der Waals surface area contributed by atoms with Crippen LogP contribution in [0.2, 0.25) is 0 Å². The van der Waals surface area contributed by atoms with Gasteiger partial charge >= 0.3 is 6.18 Å². The smallest absolute Gasteiger partial charge is 0.368 e. The Labute approximate surface area is 108 Å².